The van der Waals surface area contributed by atoms with Gasteiger partial charge in [-0.2, -0.15) is 0 Å². The van der Waals surface area contributed by atoms with Crippen LogP contribution in [-0.2, 0) is 9.59 Å². The number of amides is 3. The molecule has 0 saturated carbocycles. The van der Waals surface area contributed by atoms with Crippen molar-refractivity contribution in [2.75, 3.05) is 29.2 Å². The summed E-state index contributed by atoms with van der Waals surface area (Å²) in [4.78, 5) is 35.5. The lowest BCUT2D eigenvalue weighted by Gasteiger charge is -2.09. The Morgan fingerprint density at radius 3 is 2.44 bits per heavy atom. The Balaban J connectivity index is 1.79. The third-order valence-electron chi connectivity index (χ3n) is 3.03. The standard InChI is InChI=1S/C16H18N4O4S/c1-10-7-13(20-24-10)19-15(22)9-25-8-14(21)18-12-6-4-3-5-11(12)16(23)17-2/h3-7H,8-9H2,1-2H3,(H,17,23)(H,18,21)(H,19,20,22). The number of thioether (sulfide) groups is 1. The molecule has 1 heterocycles. The van der Waals surface area contributed by atoms with E-state index in [0.717, 1.165) is 11.8 Å². The number of carbonyl (C=O) groups excluding carboxylic acids is 3. The summed E-state index contributed by atoms with van der Waals surface area (Å²) in [6.45, 7) is 1.72. The second kappa shape index (κ2) is 8.88. The number of nitrogens with one attached hydrogen (secondary N) is 3. The van der Waals surface area contributed by atoms with Crippen LogP contribution < -0.4 is 16.0 Å². The van der Waals surface area contributed by atoms with Crippen LogP contribution >= 0.6 is 11.8 Å². The van der Waals surface area contributed by atoms with Gasteiger partial charge in [0.05, 0.1) is 22.8 Å². The lowest BCUT2D eigenvalue weighted by molar-refractivity contribution is -0.114. The zero-order chi connectivity index (χ0) is 18.2. The van der Waals surface area contributed by atoms with Gasteiger partial charge < -0.3 is 20.5 Å². The van der Waals surface area contributed by atoms with Gasteiger partial charge in [-0.05, 0) is 19.1 Å². The average Bonchev–Trinajstić information content (AvgIpc) is 2.99. The highest BCUT2D eigenvalue weighted by molar-refractivity contribution is 8.00. The molecule has 0 fully saturated rings. The summed E-state index contributed by atoms with van der Waals surface area (Å²) in [5, 5.41) is 11.4. The van der Waals surface area contributed by atoms with Crippen molar-refractivity contribution < 1.29 is 18.9 Å². The molecule has 1 aromatic carbocycles. The maximum atomic E-state index is 12.0. The molecule has 0 radical (unpaired) electrons. The van der Waals surface area contributed by atoms with E-state index >= 15 is 0 Å². The van der Waals surface area contributed by atoms with Gasteiger partial charge in [-0.1, -0.05) is 17.3 Å². The number of hydrogen-bond acceptors (Lipinski definition) is 6. The highest BCUT2D eigenvalue weighted by Crippen LogP contribution is 2.15. The fourth-order valence-corrected chi connectivity index (χ4v) is 2.57. The first kappa shape index (κ1) is 18.5. The summed E-state index contributed by atoms with van der Waals surface area (Å²) in [6, 6.07) is 8.31. The number of para-hydroxylation sites is 1. The summed E-state index contributed by atoms with van der Waals surface area (Å²) >= 11 is 1.15. The van der Waals surface area contributed by atoms with Crippen LogP contribution in [0.4, 0.5) is 11.5 Å². The topological polar surface area (TPSA) is 113 Å². The van der Waals surface area contributed by atoms with Crippen molar-refractivity contribution in [1.29, 1.82) is 0 Å². The van der Waals surface area contributed by atoms with Crippen molar-refractivity contribution >= 4 is 41.0 Å². The van der Waals surface area contributed by atoms with Crippen LogP contribution in [0.3, 0.4) is 0 Å². The van der Waals surface area contributed by atoms with E-state index in [1.807, 2.05) is 0 Å². The lowest BCUT2D eigenvalue weighted by atomic mass is 10.1. The molecular formula is C16H18N4O4S. The second-order valence-corrected chi connectivity index (χ2v) is 6.02. The van der Waals surface area contributed by atoms with Crippen molar-refractivity contribution in [3.63, 3.8) is 0 Å². The SMILES string of the molecule is CNC(=O)c1ccccc1NC(=O)CSCC(=O)Nc1cc(C)on1. The fraction of sp³-hybridized carbons (Fsp3) is 0.250. The molecule has 0 bridgehead atoms. The second-order valence-electron chi connectivity index (χ2n) is 5.04. The molecule has 8 nitrogen and oxygen atoms in total. The predicted molar refractivity (Wildman–Crippen MR) is 95.7 cm³/mol. The summed E-state index contributed by atoms with van der Waals surface area (Å²) in [5.41, 5.74) is 0.803. The van der Waals surface area contributed by atoms with E-state index in [2.05, 4.69) is 21.1 Å². The maximum absolute atomic E-state index is 12.0. The normalized spacial score (nSPS) is 10.2. The highest BCUT2D eigenvalue weighted by atomic mass is 32.2. The summed E-state index contributed by atoms with van der Waals surface area (Å²) in [5.74, 6) is 0.238. The van der Waals surface area contributed by atoms with Gasteiger partial charge in [0.2, 0.25) is 11.8 Å². The smallest absolute Gasteiger partial charge is 0.253 e. The molecule has 0 aliphatic rings. The van der Waals surface area contributed by atoms with Crippen molar-refractivity contribution in [3.05, 3.63) is 41.7 Å². The molecule has 2 aromatic rings. The molecule has 0 unspecified atom stereocenters. The van der Waals surface area contributed by atoms with Gasteiger partial charge in [-0.3, -0.25) is 14.4 Å². The van der Waals surface area contributed by atoms with E-state index in [1.54, 1.807) is 37.3 Å². The monoisotopic (exact) mass is 362 g/mol. The first-order valence-corrected chi connectivity index (χ1v) is 8.57. The van der Waals surface area contributed by atoms with E-state index in [9.17, 15) is 14.4 Å². The van der Waals surface area contributed by atoms with Crippen molar-refractivity contribution in [2.24, 2.45) is 0 Å². The zero-order valence-electron chi connectivity index (χ0n) is 13.8. The molecule has 0 atom stereocenters. The molecule has 9 heteroatoms. The van der Waals surface area contributed by atoms with Crippen molar-refractivity contribution in [1.82, 2.24) is 10.5 Å². The third kappa shape index (κ3) is 5.64. The maximum Gasteiger partial charge on any atom is 0.253 e. The molecular weight excluding hydrogens is 344 g/mol. The molecule has 1 aromatic heterocycles. The summed E-state index contributed by atoms with van der Waals surface area (Å²) < 4.78 is 4.85. The molecule has 132 valence electrons. The molecule has 3 N–H and O–H groups in total. The molecule has 25 heavy (non-hydrogen) atoms. The van der Waals surface area contributed by atoms with Crippen LogP contribution in [0.5, 0.6) is 0 Å². The van der Waals surface area contributed by atoms with Gasteiger partial charge in [0.1, 0.15) is 5.76 Å². The van der Waals surface area contributed by atoms with Gasteiger partial charge in [-0.25, -0.2) is 0 Å². The Labute approximate surface area is 148 Å². The average molecular weight is 362 g/mol. The summed E-state index contributed by atoms with van der Waals surface area (Å²) in [6.07, 6.45) is 0. The summed E-state index contributed by atoms with van der Waals surface area (Å²) in [7, 11) is 1.52. The number of benzene rings is 1. The predicted octanol–water partition coefficient (Wildman–Crippen LogP) is 1.65. The minimum absolute atomic E-state index is 0.0767. The third-order valence-corrected chi connectivity index (χ3v) is 3.97. The Bertz CT molecular complexity index is 775. The minimum Gasteiger partial charge on any atom is -0.360 e. The van der Waals surface area contributed by atoms with E-state index in [4.69, 9.17) is 4.52 Å². The van der Waals surface area contributed by atoms with E-state index < -0.39 is 0 Å². The lowest BCUT2D eigenvalue weighted by Crippen LogP contribution is -2.22. The van der Waals surface area contributed by atoms with Crippen LogP contribution in [-0.4, -0.2) is 41.4 Å². The van der Waals surface area contributed by atoms with Crippen molar-refractivity contribution in [2.45, 2.75) is 6.92 Å². The Kier molecular flexibility index (Phi) is 6.58. The Morgan fingerprint density at radius 1 is 1.12 bits per heavy atom. The number of aryl methyl sites for hydroxylation is 1. The number of carbonyl (C=O) groups is 3. The van der Waals surface area contributed by atoms with Gasteiger partial charge in [0, 0.05) is 13.1 Å². The van der Waals surface area contributed by atoms with E-state index in [0.29, 0.717) is 22.8 Å². The fourth-order valence-electron chi connectivity index (χ4n) is 1.95. The Hall–Kier alpha value is -2.81. The molecule has 3 amide bonds. The first-order chi connectivity index (χ1) is 12.0. The number of hydrogen-bond donors (Lipinski definition) is 3. The van der Waals surface area contributed by atoms with E-state index in [1.165, 1.54) is 7.05 Å². The van der Waals surface area contributed by atoms with E-state index in [-0.39, 0.29) is 29.2 Å². The number of anilines is 2. The molecule has 2 rings (SSSR count). The van der Waals surface area contributed by atoms with Gasteiger partial charge in [0.25, 0.3) is 5.91 Å². The number of aromatic nitrogens is 1. The van der Waals surface area contributed by atoms with Crippen molar-refractivity contribution in [3.8, 4) is 0 Å². The Morgan fingerprint density at radius 2 is 1.80 bits per heavy atom. The van der Waals surface area contributed by atoms with Crippen LogP contribution in [0.25, 0.3) is 0 Å². The largest absolute Gasteiger partial charge is 0.360 e. The molecule has 0 spiro atoms. The quantitative estimate of drug-likeness (QED) is 0.690. The highest BCUT2D eigenvalue weighted by Gasteiger charge is 2.12. The van der Waals surface area contributed by atoms with Gasteiger partial charge in [0.15, 0.2) is 5.82 Å². The molecule has 0 saturated heterocycles. The number of nitrogens with zero attached hydrogens (tertiary/aromatic N) is 1. The van der Waals surface area contributed by atoms with Crippen LogP contribution in [0.2, 0.25) is 0 Å². The first-order valence-electron chi connectivity index (χ1n) is 7.41. The number of rotatable bonds is 7. The van der Waals surface area contributed by atoms with Crippen LogP contribution in [0.1, 0.15) is 16.1 Å². The zero-order valence-corrected chi connectivity index (χ0v) is 14.6. The minimum atomic E-state index is -0.300. The van der Waals surface area contributed by atoms with Gasteiger partial charge >= 0.3 is 0 Å². The molecule has 0 aliphatic heterocycles. The van der Waals surface area contributed by atoms with Crippen LogP contribution in [0.15, 0.2) is 34.9 Å². The van der Waals surface area contributed by atoms with Crippen LogP contribution in [0, 0.1) is 6.92 Å². The molecule has 0 aliphatic carbocycles. The van der Waals surface area contributed by atoms with Gasteiger partial charge in [-0.15, -0.1) is 11.8 Å².